The van der Waals surface area contributed by atoms with E-state index in [-0.39, 0.29) is 17.7 Å². The van der Waals surface area contributed by atoms with Crippen LogP contribution < -0.4 is 5.32 Å². The van der Waals surface area contributed by atoms with Crippen molar-refractivity contribution < 1.29 is 19.6 Å². The number of benzene rings is 2. The molecule has 0 aliphatic heterocycles. The molecular weight excluding hydrogens is 368 g/mol. The van der Waals surface area contributed by atoms with E-state index in [9.17, 15) is 24.8 Å². The highest BCUT2D eigenvalue weighted by molar-refractivity contribution is 7.98. The zero-order chi connectivity index (χ0) is 19.8. The van der Waals surface area contributed by atoms with Crippen LogP contribution in [-0.2, 0) is 11.2 Å². The second-order valence-corrected chi connectivity index (χ2v) is 6.89. The fraction of sp³-hybridized carbons (Fsp3) is 0.263. The number of nitro benzene ring substituents is 1. The van der Waals surface area contributed by atoms with Gasteiger partial charge in [0.2, 0.25) is 0 Å². The minimum absolute atomic E-state index is 0.114. The number of carboxylic acid groups (broad SMARTS) is 1. The average Bonchev–Trinajstić information content (AvgIpc) is 2.65. The first kappa shape index (κ1) is 20.4. The number of aliphatic carboxylic acids is 1. The zero-order valence-corrected chi connectivity index (χ0v) is 15.6. The summed E-state index contributed by atoms with van der Waals surface area (Å²) in [6.07, 6.45) is 2.52. The Labute approximate surface area is 160 Å². The van der Waals surface area contributed by atoms with Crippen LogP contribution in [0.15, 0.2) is 48.5 Å². The Morgan fingerprint density at radius 2 is 1.93 bits per heavy atom. The van der Waals surface area contributed by atoms with Crippen molar-refractivity contribution in [3.63, 3.8) is 0 Å². The Bertz CT molecular complexity index is 826. The molecule has 27 heavy (non-hydrogen) atoms. The number of hydrogen-bond acceptors (Lipinski definition) is 5. The molecule has 2 rings (SSSR count). The van der Waals surface area contributed by atoms with Gasteiger partial charge in [0.05, 0.1) is 4.92 Å². The topological polar surface area (TPSA) is 110 Å². The third-order valence-corrected chi connectivity index (χ3v) is 4.64. The van der Waals surface area contributed by atoms with E-state index >= 15 is 0 Å². The highest BCUT2D eigenvalue weighted by Crippen LogP contribution is 2.21. The van der Waals surface area contributed by atoms with Crippen molar-refractivity contribution in [3.05, 3.63) is 75.3 Å². The molecule has 0 fully saturated rings. The number of carboxylic acids is 1. The van der Waals surface area contributed by atoms with Gasteiger partial charge in [0.1, 0.15) is 6.04 Å². The summed E-state index contributed by atoms with van der Waals surface area (Å²) in [5.41, 5.74) is 1.44. The molecule has 2 N–H and O–H groups in total. The Morgan fingerprint density at radius 1 is 1.22 bits per heavy atom. The van der Waals surface area contributed by atoms with Crippen molar-refractivity contribution in [3.8, 4) is 0 Å². The fourth-order valence-electron chi connectivity index (χ4n) is 2.59. The van der Waals surface area contributed by atoms with Crippen molar-refractivity contribution >= 4 is 29.3 Å². The van der Waals surface area contributed by atoms with E-state index in [1.807, 2.05) is 36.6 Å². The molecule has 0 heterocycles. The SMILES string of the molecule is CSCC[C@H](NC(=O)c1cc([N+](=O)[O-])ccc1Cc1ccccc1)C(=O)O. The van der Waals surface area contributed by atoms with Gasteiger partial charge in [0.25, 0.3) is 11.6 Å². The number of hydrogen-bond donors (Lipinski definition) is 2. The Balaban J connectivity index is 2.32. The number of nitrogens with one attached hydrogen (secondary N) is 1. The molecule has 0 radical (unpaired) electrons. The van der Waals surface area contributed by atoms with Crippen molar-refractivity contribution in [2.24, 2.45) is 0 Å². The summed E-state index contributed by atoms with van der Waals surface area (Å²) in [6.45, 7) is 0. The zero-order valence-electron chi connectivity index (χ0n) is 14.8. The van der Waals surface area contributed by atoms with E-state index in [1.54, 1.807) is 0 Å². The van der Waals surface area contributed by atoms with Crippen LogP contribution in [-0.4, -0.2) is 40.0 Å². The van der Waals surface area contributed by atoms with Crippen LogP contribution in [0.25, 0.3) is 0 Å². The fourth-order valence-corrected chi connectivity index (χ4v) is 3.06. The molecule has 0 saturated carbocycles. The maximum absolute atomic E-state index is 12.7. The number of rotatable bonds is 9. The quantitative estimate of drug-likeness (QED) is 0.504. The third-order valence-electron chi connectivity index (χ3n) is 4.00. The van der Waals surface area contributed by atoms with Crippen LogP contribution in [0.5, 0.6) is 0 Å². The van der Waals surface area contributed by atoms with Crippen LogP contribution in [0.4, 0.5) is 5.69 Å². The molecule has 1 amide bonds. The highest BCUT2D eigenvalue weighted by Gasteiger charge is 2.23. The van der Waals surface area contributed by atoms with E-state index in [1.165, 1.54) is 30.0 Å². The average molecular weight is 388 g/mol. The molecule has 8 heteroatoms. The minimum Gasteiger partial charge on any atom is -0.480 e. The molecule has 0 aromatic heterocycles. The maximum atomic E-state index is 12.7. The Hall–Kier alpha value is -2.87. The number of carbonyl (C=O) groups is 2. The first-order valence-corrected chi connectivity index (χ1v) is 9.65. The van der Waals surface area contributed by atoms with Crippen LogP contribution >= 0.6 is 11.8 Å². The largest absolute Gasteiger partial charge is 0.480 e. The summed E-state index contributed by atoms with van der Waals surface area (Å²) in [5.74, 6) is -1.19. The number of non-ortho nitro benzene ring substituents is 1. The van der Waals surface area contributed by atoms with E-state index < -0.39 is 22.8 Å². The third kappa shape index (κ3) is 5.82. The van der Waals surface area contributed by atoms with E-state index in [4.69, 9.17) is 0 Å². The molecule has 0 aliphatic rings. The number of nitrogens with zero attached hydrogens (tertiary/aromatic N) is 1. The lowest BCUT2D eigenvalue weighted by atomic mass is 9.98. The van der Waals surface area contributed by atoms with Gasteiger partial charge in [-0.1, -0.05) is 36.4 Å². The van der Waals surface area contributed by atoms with Crippen molar-refractivity contribution in [1.29, 1.82) is 0 Å². The first-order chi connectivity index (χ1) is 12.9. The van der Waals surface area contributed by atoms with Crippen molar-refractivity contribution in [2.45, 2.75) is 18.9 Å². The molecule has 0 bridgehead atoms. The standard InChI is InChI=1S/C19H20N2O5S/c1-27-10-9-17(19(23)24)20-18(22)16-12-15(21(25)26)8-7-14(16)11-13-5-3-2-4-6-13/h2-8,12,17H,9-11H2,1H3,(H,20,22)(H,23,24)/t17-/m0/s1. The number of nitro groups is 1. The Kier molecular flexibility index (Phi) is 7.36. The van der Waals surface area contributed by atoms with Crippen molar-refractivity contribution in [2.75, 3.05) is 12.0 Å². The van der Waals surface area contributed by atoms with E-state index in [2.05, 4.69) is 5.32 Å². The van der Waals surface area contributed by atoms with Crippen LogP contribution in [0.2, 0.25) is 0 Å². The van der Waals surface area contributed by atoms with Crippen molar-refractivity contribution in [1.82, 2.24) is 5.32 Å². The summed E-state index contributed by atoms with van der Waals surface area (Å²) in [7, 11) is 0. The van der Waals surface area contributed by atoms with Gasteiger partial charge in [-0.3, -0.25) is 14.9 Å². The van der Waals surface area contributed by atoms with Gasteiger partial charge in [0.15, 0.2) is 0 Å². The lowest BCUT2D eigenvalue weighted by molar-refractivity contribution is -0.384. The minimum atomic E-state index is -1.13. The number of amides is 1. The maximum Gasteiger partial charge on any atom is 0.326 e. The van der Waals surface area contributed by atoms with Crippen LogP contribution in [0, 0.1) is 10.1 Å². The summed E-state index contributed by atoms with van der Waals surface area (Å²) in [6, 6.07) is 12.4. The Morgan fingerprint density at radius 3 is 2.52 bits per heavy atom. The molecule has 2 aromatic carbocycles. The predicted octanol–water partition coefficient (Wildman–Crippen LogP) is 3.12. The van der Waals surface area contributed by atoms with E-state index in [0.29, 0.717) is 17.7 Å². The molecular formula is C19H20N2O5S. The van der Waals surface area contributed by atoms with Gasteiger partial charge in [-0.2, -0.15) is 11.8 Å². The monoisotopic (exact) mass is 388 g/mol. The van der Waals surface area contributed by atoms with Gasteiger partial charge >= 0.3 is 5.97 Å². The van der Waals surface area contributed by atoms with Crippen LogP contribution in [0.3, 0.4) is 0 Å². The van der Waals surface area contributed by atoms with Gasteiger partial charge in [-0.15, -0.1) is 0 Å². The lowest BCUT2D eigenvalue weighted by Gasteiger charge is -2.16. The predicted molar refractivity (Wildman–Crippen MR) is 104 cm³/mol. The molecule has 0 saturated heterocycles. The number of thioether (sulfide) groups is 1. The molecule has 142 valence electrons. The summed E-state index contributed by atoms with van der Waals surface area (Å²) < 4.78 is 0. The van der Waals surface area contributed by atoms with Crippen LogP contribution in [0.1, 0.15) is 27.9 Å². The molecule has 2 aromatic rings. The summed E-state index contributed by atoms with van der Waals surface area (Å²) in [5, 5.41) is 22.9. The second-order valence-electron chi connectivity index (χ2n) is 5.91. The van der Waals surface area contributed by atoms with E-state index in [0.717, 1.165) is 5.56 Å². The van der Waals surface area contributed by atoms with Gasteiger partial charge in [-0.05, 0) is 36.0 Å². The van der Waals surface area contributed by atoms with Gasteiger partial charge in [-0.25, -0.2) is 4.79 Å². The summed E-state index contributed by atoms with van der Waals surface area (Å²) in [4.78, 5) is 34.6. The van der Waals surface area contributed by atoms with Gasteiger partial charge in [0, 0.05) is 17.7 Å². The molecule has 0 aliphatic carbocycles. The molecule has 7 nitrogen and oxygen atoms in total. The summed E-state index contributed by atoms with van der Waals surface area (Å²) >= 11 is 1.48. The lowest BCUT2D eigenvalue weighted by Crippen LogP contribution is -2.41. The second kappa shape index (κ2) is 9.72. The smallest absolute Gasteiger partial charge is 0.326 e. The normalized spacial score (nSPS) is 11.6. The molecule has 0 unspecified atom stereocenters. The first-order valence-electron chi connectivity index (χ1n) is 8.26. The molecule has 0 spiro atoms. The van der Waals surface area contributed by atoms with Gasteiger partial charge < -0.3 is 10.4 Å². The molecule has 1 atom stereocenters. The highest BCUT2D eigenvalue weighted by atomic mass is 32.2. The number of carbonyl (C=O) groups excluding carboxylic acids is 1.